The largest absolute Gasteiger partial charge is 0.468 e. The van der Waals surface area contributed by atoms with Crippen LogP contribution in [0.4, 0.5) is 0 Å². The molecule has 22 heavy (non-hydrogen) atoms. The van der Waals surface area contributed by atoms with E-state index in [0.717, 1.165) is 25.5 Å². The predicted molar refractivity (Wildman–Crippen MR) is 83.3 cm³/mol. The van der Waals surface area contributed by atoms with Crippen molar-refractivity contribution in [1.29, 1.82) is 0 Å². The topological polar surface area (TPSA) is 80.8 Å². The molecule has 0 N–H and O–H groups in total. The van der Waals surface area contributed by atoms with E-state index in [4.69, 9.17) is 0 Å². The van der Waals surface area contributed by atoms with Crippen LogP contribution in [-0.2, 0) is 24.2 Å². The minimum atomic E-state index is -3.61. The lowest BCUT2D eigenvalue weighted by Gasteiger charge is -2.24. The van der Waals surface area contributed by atoms with Gasteiger partial charge in [-0.3, -0.25) is 9.59 Å². The number of likely N-dealkylation sites (tertiary alicyclic amines) is 1. The molecule has 1 atom stereocenters. The number of amides is 1. The van der Waals surface area contributed by atoms with Crippen molar-refractivity contribution in [2.45, 2.75) is 25.3 Å². The van der Waals surface area contributed by atoms with E-state index in [9.17, 15) is 18.0 Å². The van der Waals surface area contributed by atoms with Crippen LogP contribution in [0.2, 0.25) is 0 Å². The SMILES string of the molecule is COC(=O)CS(=O)(=O)CCC(=O)N1CCC[C@H]1c1ccsc1. The maximum absolute atomic E-state index is 12.3. The van der Waals surface area contributed by atoms with Crippen LogP contribution in [0.3, 0.4) is 0 Å². The van der Waals surface area contributed by atoms with Gasteiger partial charge in [-0.2, -0.15) is 11.3 Å². The Morgan fingerprint density at radius 2 is 2.23 bits per heavy atom. The van der Waals surface area contributed by atoms with Gasteiger partial charge in [0.05, 0.1) is 18.9 Å². The van der Waals surface area contributed by atoms with Gasteiger partial charge in [-0.25, -0.2) is 8.42 Å². The second-order valence-corrected chi connectivity index (χ2v) is 8.18. The molecule has 1 fully saturated rings. The summed E-state index contributed by atoms with van der Waals surface area (Å²) >= 11 is 1.58. The Bertz CT molecular complexity index is 624. The Kier molecular flexibility index (Phi) is 5.57. The van der Waals surface area contributed by atoms with Gasteiger partial charge in [-0.1, -0.05) is 0 Å². The average molecular weight is 345 g/mol. The third-order valence-electron chi connectivity index (χ3n) is 3.69. The van der Waals surface area contributed by atoms with Crippen LogP contribution in [0, 0.1) is 0 Å². The van der Waals surface area contributed by atoms with Gasteiger partial charge in [0.2, 0.25) is 5.91 Å². The average Bonchev–Trinajstić information content (AvgIpc) is 3.14. The van der Waals surface area contributed by atoms with Gasteiger partial charge >= 0.3 is 5.97 Å². The molecule has 1 aliphatic rings. The van der Waals surface area contributed by atoms with Crippen LogP contribution in [0.5, 0.6) is 0 Å². The van der Waals surface area contributed by atoms with Crippen molar-refractivity contribution in [2.24, 2.45) is 0 Å². The Hall–Kier alpha value is -1.41. The molecule has 0 bridgehead atoms. The number of rotatable bonds is 6. The first-order valence-corrected chi connectivity index (χ1v) is 9.78. The van der Waals surface area contributed by atoms with Gasteiger partial charge in [0.25, 0.3) is 0 Å². The van der Waals surface area contributed by atoms with E-state index in [1.807, 2.05) is 16.8 Å². The molecular weight excluding hydrogens is 326 g/mol. The highest BCUT2D eigenvalue weighted by molar-refractivity contribution is 7.92. The van der Waals surface area contributed by atoms with Crippen LogP contribution in [0.25, 0.3) is 0 Å². The number of methoxy groups -OCH3 is 1. The van der Waals surface area contributed by atoms with Crippen LogP contribution in [0.1, 0.15) is 30.9 Å². The molecule has 0 radical (unpaired) electrons. The van der Waals surface area contributed by atoms with Gasteiger partial charge in [0.1, 0.15) is 5.75 Å². The minimum Gasteiger partial charge on any atom is -0.468 e. The second kappa shape index (κ2) is 7.23. The number of hydrogen-bond acceptors (Lipinski definition) is 6. The van der Waals surface area contributed by atoms with Gasteiger partial charge < -0.3 is 9.64 Å². The summed E-state index contributed by atoms with van der Waals surface area (Å²) in [6.07, 6.45) is 1.72. The number of carbonyl (C=O) groups is 2. The molecule has 1 aromatic rings. The molecule has 0 saturated carbocycles. The summed E-state index contributed by atoms with van der Waals surface area (Å²) in [5, 5.41) is 3.99. The third-order valence-corrected chi connectivity index (χ3v) is 5.90. The van der Waals surface area contributed by atoms with Crippen LogP contribution in [0.15, 0.2) is 16.8 Å². The van der Waals surface area contributed by atoms with E-state index in [0.29, 0.717) is 6.54 Å². The predicted octanol–water partition coefficient (Wildman–Crippen LogP) is 1.39. The molecule has 2 rings (SSSR count). The van der Waals surface area contributed by atoms with Crippen LogP contribution < -0.4 is 0 Å². The van der Waals surface area contributed by atoms with E-state index in [2.05, 4.69) is 4.74 Å². The summed E-state index contributed by atoms with van der Waals surface area (Å²) in [4.78, 5) is 25.1. The van der Waals surface area contributed by atoms with Crippen molar-refractivity contribution < 1.29 is 22.7 Å². The standard InChI is InChI=1S/C14H19NO5S2/c1-20-14(17)10-22(18,19)8-5-13(16)15-6-2-3-12(15)11-4-7-21-9-11/h4,7,9,12H,2-3,5-6,8,10H2,1H3/t12-/m0/s1. The molecule has 0 aliphatic carbocycles. The quantitative estimate of drug-likeness (QED) is 0.728. The van der Waals surface area contributed by atoms with Crippen molar-refractivity contribution in [1.82, 2.24) is 4.90 Å². The van der Waals surface area contributed by atoms with Gasteiger partial charge in [-0.15, -0.1) is 0 Å². The number of thiophene rings is 1. The van der Waals surface area contributed by atoms with Crippen molar-refractivity contribution in [3.05, 3.63) is 22.4 Å². The lowest BCUT2D eigenvalue weighted by molar-refractivity contribution is -0.137. The van der Waals surface area contributed by atoms with E-state index in [1.165, 1.54) is 0 Å². The van der Waals surface area contributed by atoms with E-state index >= 15 is 0 Å². The summed E-state index contributed by atoms with van der Waals surface area (Å²) < 4.78 is 27.9. The fourth-order valence-electron chi connectivity index (χ4n) is 2.57. The fraction of sp³-hybridized carbons (Fsp3) is 0.571. The molecule has 122 valence electrons. The van der Waals surface area contributed by atoms with Gasteiger partial charge in [-0.05, 0) is 35.2 Å². The Labute approximate surface area is 134 Å². The first kappa shape index (κ1) is 17.0. The van der Waals surface area contributed by atoms with Crippen molar-refractivity contribution in [3.63, 3.8) is 0 Å². The number of nitrogens with zero attached hydrogens (tertiary/aromatic N) is 1. The summed E-state index contributed by atoms with van der Waals surface area (Å²) in [5.74, 6) is -1.98. The Balaban J connectivity index is 1.93. The maximum Gasteiger partial charge on any atom is 0.320 e. The summed E-state index contributed by atoms with van der Waals surface area (Å²) in [6, 6.07) is 2.04. The van der Waals surface area contributed by atoms with Gasteiger partial charge in [0, 0.05) is 13.0 Å². The van der Waals surface area contributed by atoms with E-state index < -0.39 is 21.6 Å². The van der Waals surface area contributed by atoms with Crippen molar-refractivity contribution in [2.75, 3.05) is 25.2 Å². The molecular formula is C14H19NO5S2. The Morgan fingerprint density at radius 3 is 2.86 bits per heavy atom. The van der Waals surface area contributed by atoms with Crippen molar-refractivity contribution >= 4 is 33.1 Å². The normalized spacial score (nSPS) is 18.4. The van der Waals surface area contributed by atoms with Crippen LogP contribution in [-0.4, -0.2) is 50.4 Å². The van der Waals surface area contributed by atoms with E-state index in [-0.39, 0.29) is 24.1 Å². The van der Waals surface area contributed by atoms with Gasteiger partial charge in [0.15, 0.2) is 9.84 Å². The number of esters is 1. The van der Waals surface area contributed by atoms with Crippen LogP contribution >= 0.6 is 11.3 Å². The molecule has 0 spiro atoms. The summed E-state index contributed by atoms with van der Waals surface area (Å²) in [7, 11) is -2.47. The zero-order valence-electron chi connectivity index (χ0n) is 12.4. The number of sulfone groups is 1. The molecule has 1 saturated heterocycles. The molecule has 2 heterocycles. The monoisotopic (exact) mass is 345 g/mol. The second-order valence-electron chi connectivity index (χ2n) is 5.22. The first-order valence-electron chi connectivity index (χ1n) is 7.02. The van der Waals surface area contributed by atoms with E-state index in [1.54, 1.807) is 16.2 Å². The summed E-state index contributed by atoms with van der Waals surface area (Å²) in [5.41, 5.74) is 1.10. The smallest absolute Gasteiger partial charge is 0.320 e. The highest BCUT2D eigenvalue weighted by Gasteiger charge is 2.30. The Morgan fingerprint density at radius 1 is 1.45 bits per heavy atom. The highest BCUT2D eigenvalue weighted by atomic mass is 32.2. The lowest BCUT2D eigenvalue weighted by atomic mass is 10.1. The minimum absolute atomic E-state index is 0.0436. The number of carbonyl (C=O) groups excluding carboxylic acids is 2. The molecule has 0 unspecified atom stereocenters. The molecule has 1 aliphatic heterocycles. The maximum atomic E-state index is 12.3. The molecule has 1 amide bonds. The molecule has 6 nitrogen and oxygen atoms in total. The zero-order chi connectivity index (χ0) is 16.2. The zero-order valence-corrected chi connectivity index (χ0v) is 14.0. The number of ether oxygens (including phenoxy) is 1. The highest BCUT2D eigenvalue weighted by Crippen LogP contribution is 2.33. The molecule has 1 aromatic heterocycles. The molecule has 8 heteroatoms. The fourth-order valence-corrected chi connectivity index (χ4v) is 4.39. The lowest BCUT2D eigenvalue weighted by Crippen LogP contribution is -2.32. The molecule has 0 aromatic carbocycles. The first-order chi connectivity index (χ1) is 10.4. The third kappa shape index (κ3) is 4.30. The van der Waals surface area contributed by atoms with Crippen molar-refractivity contribution in [3.8, 4) is 0 Å². The summed E-state index contributed by atoms with van der Waals surface area (Å²) in [6.45, 7) is 0.649. The number of hydrogen-bond donors (Lipinski definition) is 0.